The Morgan fingerprint density at radius 1 is 1.23 bits per heavy atom. The lowest BCUT2D eigenvalue weighted by molar-refractivity contribution is -0.384. The van der Waals surface area contributed by atoms with Crippen LogP contribution in [-0.2, 0) is 17.8 Å². The van der Waals surface area contributed by atoms with Gasteiger partial charge in [0, 0.05) is 37.5 Å². The number of aryl methyl sites for hydroxylation is 1. The predicted octanol–water partition coefficient (Wildman–Crippen LogP) is 3.27. The number of ether oxygens (including phenoxy) is 1. The van der Waals surface area contributed by atoms with Crippen LogP contribution in [0.3, 0.4) is 0 Å². The molecule has 136 valence electrons. The van der Waals surface area contributed by atoms with E-state index in [1.54, 1.807) is 12.1 Å². The molecule has 1 aliphatic rings. The van der Waals surface area contributed by atoms with Crippen molar-refractivity contribution in [2.24, 2.45) is 0 Å². The van der Waals surface area contributed by atoms with E-state index in [4.69, 9.17) is 4.74 Å². The summed E-state index contributed by atoms with van der Waals surface area (Å²) in [6.07, 6.45) is 1.32. The zero-order chi connectivity index (χ0) is 18.4. The molecule has 1 aliphatic heterocycles. The highest BCUT2D eigenvalue weighted by Crippen LogP contribution is 2.30. The van der Waals surface area contributed by atoms with E-state index < -0.39 is 6.09 Å². The Balaban J connectivity index is 1.48. The summed E-state index contributed by atoms with van der Waals surface area (Å²) in [5, 5.41) is 13.7. The third-order valence-electron chi connectivity index (χ3n) is 4.35. The average molecular weight is 355 g/mol. The number of carbonyl (C=O) groups excluding carboxylic acids is 1. The lowest BCUT2D eigenvalue weighted by atomic mass is 10.0. The van der Waals surface area contributed by atoms with E-state index in [-0.39, 0.29) is 17.2 Å². The molecule has 0 saturated carbocycles. The molecule has 26 heavy (non-hydrogen) atoms. The molecule has 2 aromatic carbocycles. The second-order valence-electron chi connectivity index (χ2n) is 6.15. The third kappa shape index (κ3) is 4.50. The first kappa shape index (κ1) is 17.7. The molecule has 0 aliphatic carbocycles. The SMILES string of the molecule is O=C(NCCN1CCCc2cc([N+](=O)[O-])ccc21)OCc1ccccc1. The van der Waals surface area contributed by atoms with Crippen LogP contribution < -0.4 is 10.2 Å². The number of carbonyl (C=O) groups is 1. The maximum absolute atomic E-state index is 11.8. The van der Waals surface area contributed by atoms with Crippen molar-refractivity contribution in [2.75, 3.05) is 24.5 Å². The molecule has 0 atom stereocenters. The largest absolute Gasteiger partial charge is 0.445 e. The minimum absolute atomic E-state index is 0.119. The van der Waals surface area contributed by atoms with Gasteiger partial charge in [0.2, 0.25) is 0 Å². The maximum atomic E-state index is 11.8. The van der Waals surface area contributed by atoms with Crippen molar-refractivity contribution in [1.29, 1.82) is 0 Å². The summed E-state index contributed by atoms with van der Waals surface area (Å²) in [5.74, 6) is 0. The number of hydrogen-bond donors (Lipinski definition) is 1. The van der Waals surface area contributed by atoms with Gasteiger partial charge in [0.05, 0.1) is 4.92 Å². The van der Waals surface area contributed by atoms with E-state index in [0.717, 1.165) is 36.2 Å². The van der Waals surface area contributed by atoms with E-state index in [9.17, 15) is 14.9 Å². The molecule has 0 spiro atoms. The van der Waals surface area contributed by atoms with Crippen molar-refractivity contribution in [1.82, 2.24) is 5.32 Å². The van der Waals surface area contributed by atoms with Crippen molar-refractivity contribution < 1.29 is 14.5 Å². The van der Waals surface area contributed by atoms with Crippen LogP contribution in [0.2, 0.25) is 0 Å². The van der Waals surface area contributed by atoms with Crippen molar-refractivity contribution in [3.05, 3.63) is 69.8 Å². The number of rotatable bonds is 6. The third-order valence-corrected chi connectivity index (χ3v) is 4.35. The van der Waals surface area contributed by atoms with Crippen LogP contribution in [0, 0.1) is 10.1 Å². The topological polar surface area (TPSA) is 84.7 Å². The highest BCUT2D eigenvalue weighted by atomic mass is 16.6. The predicted molar refractivity (Wildman–Crippen MR) is 98.3 cm³/mol. The van der Waals surface area contributed by atoms with Crippen LogP contribution >= 0.6 is 0 Å². The van der Waals surface area contributed by atoms with Gasteiger partial charge in [-0.15, -0.1) is 0 Å². The molecule has 0 bridgehead atoms. The molecule has 3 rings (SSSR count). The molecule has 0 aromatic heterocycles. The highest BCUT2D eigenvalue weighted by Gasteiger charge is 2.19. The van der Waals surface area contributed by atoms with Crippen LogP contribution in [0.15, 0.2) is 48.5 Å². The average Bonchev–Trinajstić information content (AvgIpc) is 2.67. The van der Waals surface area contributed by atoms with Crippen molar-refractivity contribution in [3.63, 3.8) is 0 Å². The molecule has 0 radical (unpaired) electrons. The number of fused-ring (bicyclic) bond motifs is 1. The van der Waals surface area contributed by atoms with Gasteiger partial charge >= 0.3 is 6.09 Å². The first-order chi connectivity index (χ1) is 12.6. The number of amides is 1. The molecular weight excluding hydrogens is 334 g/mol. The lowest BCUT2D eigenvalue weighted by Gasteiger charge is -2.31. The van der Waals surface area contributed by atoms with E-state index in [1.165, 1.54) is 6.07 Å². The number of anilines is 1. The van der Waals surface area contributed by atoms with Crippen LogP contribution in [0.25, 0.3) is 0 Å². The Bertz CT molecular complexity index is 780. The molecule has 1 N–H and O–H groups in total. The standard InChI is InChI=1S/C19H21N3O4/c23-19(26-14-15-5-2-1-3-6-15)20-10-12-21-11-4-7-16-13-17(22(24)25)8-9-18(16)21/h1-3,5-6,8-9,13H,4,7,10-12,14H2,(H,20,23). The zero-order valence-electron chi connectivity index (χ0n) is 14.4. The summed E-state index contributed by atoms with van der Waals surface area (Å²) in [4.78, 5) is 24.5. The van der Waals surface area contributed by atoms with Crippen molar-refractivity contribution in [3.8, 4) is 0 Å². The summed E-state index contributed by atoms with van der Waals surface area (Å²) >= 11 is 0. The van der Waals surface area contributed by atoms with Gasteiger partial charge in [-0.05, 0) is 30.0 Å². The monoisotopic (exact) mass is 355 g/mol. The number of nitrogens with one attached hydrogen (secondary N) is 1. The van der Waals surface area contributed by atoms with E-state index >= 15 is 0 Å². The van der Waals surface area contributed by atoms with Gasteiger partial charge in [0.15, 0.2) is 0 Å². The number of nitro benzene ring substituents is 1. The fourth-order valence-electron chi connectivity index (χ4n) is 3.07. The van der Waals surface area contributed by atoms with E-state index in [0.29, 0.717) is 13.1 Å². The van der Waals surface area contributed by atoms with Gasteiger partial charge in [-0.2, -0.15) is 0 Å². The van der Waals surface area contributed by atoms with Gasteiger partial charge in [0.1, 0.15) is 6.61 Å². The minimum Gasteiger partial charge on any atom is -0.445 e. The summed E-state index contributed by atoms with van der Waals surface area (Å²) in [5.41, 5.74) is 3.04. The van der Waals surface area contributed by atoms with Crippen molar-refractivity contribution >= 4 is 17.5 Å². The fourth-order valence-corrected chi connectivity index (χ4v) is 3.07. The molecule has 0 fully saturated rings. The first-order valence-corrected chi connectivity index (χ1v) is 8.60. The maximum Gasteiger partial charge on any atom is 0.407 e. The summed E-state index contributed by atoms with van der Waals surface area (Å²) < 4.78 is 5.19. The van der Waals surface area contributed by atoms with Gasteiger partial charge in [-0.3, -0.25) is 10.1 Å². The van der Waals surface area contributed by atoms with E-state index in [2.05, 4.69) is 10.2 Å². The van der Waals surface area contributed by atoms with Crippen LogP contribution in [0.1, 0.15) is 17.5 Å². The smallest absolute Gasteiger partial charge is 0.407 e. The fraction of sp³-hybridized carbons (Fsp3) is 0.316. The number of nitrogens with zero attached hydrogens (tertiary/aromatic N) is 2. The second kappa shape index (κ2) is 8.33. The Morgan fingerprint density at radius 3 is 2.81 bits per heavy atom. The highest BCUT2D eigenvalue weighted by molar-refractivity contribution is 5.67. The van der Waals surface area contributed by atoms with Gasteiger partial charge < -0.3 is 15.0 Å². The van der Waals surface area contributed by atoms with Gasteiger partial charge in [0.25, 0.3) is 5.69 Å². The Kier molecular flexibility index (Phi) is 5.68. The van der Waals surface area contributed by atoms with Gasteiger partial charge in [-0.25, -0.2) is 4.79 Å². The molecule has 0 unspecified atom stereocenters. The van der Waals surface area contributed by atoms with Crippen LogP contribution in [0.5, 0.6) is 0 Å². The number of benzene rings is 2. The summed E-state index contributed by atoms with van der Waals surface area (Å²) in [6, 6.07) is 14.5. The Labute approximate surface area is 151 Å². The van der Waals surface area contributed by atoms with Crippen LogP contribution in [-0.4, -0.2) is 30.7 Å². The van der Waals surface area contributed by atoms with Crippen molar-refractivity contribution in [2.45, 2.75) is 19.4 Å². The lowest BCUT2D eigenvalue weighted by Crippen LogP contribution is -2.37. The normalized spacial score (nSPS) is 13.0. The molecule has 2 aromatic rings. The number of alkyl carbamates (subject to hydrolysis) is 1. The number of non-ortho nitro benzene ring substituents is 1. The first-order valence-electron chi connectivity index (χ1n) is 8.60. The molecule has 1 heterocycles. The minimum atomic E-state index is -0.449. The molecule has 7 heteroatoms. The molecule has 0 saturated heterocycles. The van der Waals surface area contributed by atoms with E-state index in [1.807, 2.05) is 30.3 Å². The summed E-state index contributed by atoms with van der Waals surface area (Å²) in [7, 11) is 0. The number of hydrogen-bond acceptors (Lipinski definition) is 5. The second-order valence-corrected chi connectivity index (χ2v) is 6.15. The van der Waals surface area contributed by atoms with Crippen LogP contribution in [0.4, 0.5) is 16.2 Å². The van der Waals surface area contributed by atoms with Gasteiger partial charge in [-0.1, -0.05) is 30.3 Å². The molecule has 7 nitrogen and oxygen atoms in total. The quantitative estimate of drug-likeness (QED) is 0.635. The molecule has 1 amide bonds. The zero-order valence-corrected chi connectivity index (χ0v) is 14.4. The Hall–Kier alpha value is -3.09. The Morgan fingerprint density at radius 2 is 2.04 bits per heavy atom. The number of nitro groups is 1. The summed E-state index contributed by atoms with van der Waals surface area (Å²) in [6.45, 7) is 2.18. The molecular formula is C19H21N3O4.